The second-order valence-electron chi connectivity index (χ2n) is 13.3. The van der Waals surface area contributed by atoms with Crippen molar-refractivity contribution in [2.45, 2.75) is 0 Å². The van der Waals surface area contributed by atoms with E-state index >= 15 is 0 Å². The average Bonchev–Trinajstić information content (AvgIpc) is 3.79. The topological polar surface area (TPSA) is 30.7 Å². The van der Waals surface area contributed by atoms with Gasteiger partial charge in [0.05, 0.1) is 27.1 Å². The number of nitrogens with zero attached hydrogens (tertiary/aromatic N) is 3. The van der Waals surface area contributed by atoms with E-state index in [0.717, 1.165) is 33.5 Å². The van der Waals surface area contributed by atoms with Crippen molar-refractivity contribution in [2.24, 2.45) is 0 Å². The van der Waals surface area contributed by atoms with Crippen LogP contribution in [-0.4, -0.2) is 14.5 Å². The van der Waals surface area contributed by atoms with E-state index in [1.54, 1.807) is 0 Å². The molecule has 3 aromatic heterocycles. The predicted octanol–water partition coefficient (Wildman–Crippen LogP) is 13.2. The molecule has 8 aromatic carbocycles. The molecule has 0 spiro atoms. The first kappa shape index (κ1) is 29.1. The zero-order chi connectivity index (χ0) is 34.2. The van der Waals surface area contributed by atoms with Gasteiger partial charge in [-0.1, -0.05) is 158 Å². The minimum atomic E-state index is 0.660. The van der Waals surface area contributed by atoms with E-state index in [2.05, 4.69) is 168 Å². The maximum Gasteiger partial charge on any atom is 0.235 e. The Morgan fingerprint density at radius 1 is 0.385 bits per heavy atom. The van der Waals surface area contributed by atoms with Gasteiger partial charge in [0.15, 0.2) is 0 Å². The minimum absolute atomic E-state index is 0.660. The smallest absolute Gasteiger partial charge is 0.235 e. The van der Waals surface area contributed by atoms with Crippen molar-refractivity contribution in [1.82, 2.24) is 14.5 Å². The van der Waals surface area contributed by atoms with Gasteiger partial charge in [0.2, 0.25) is 5.95 Å². The van der Waals surface area contributed by atoms with E-state index < -0.39 is 0 Å². The van der Waals surface area contributed by atoms with E-state index in [-0.39, 0.29) is 0 Å². The highest BCUT2D eigenvalue weighted by molar-refractivity contribution is 7.28. The third-order valence-corrected chi connectivity index (χ3v) is 11.6. The van der Waals surface area contributed by atoms with E-state index in [4.69, 9.17) is 9.97 Å². The summed E-state index contributed by atoms with van der Waals surface area (Å²) in [6, 6.07) is 62.8. The van der Waals surface area contributed by atoms with Gasteiger partial charge >= 0.3 is 0 Å². The Bertz CT molecular complexity index is 3100. The Morgan fingerprint density at radius 2 is 0.885 bits per heavy atom. The fourth-order valence-corrected chi connectivity index (χ4v) is 9.52. The molecule has 0 bridgehead atoms. The maximum atomic E-state index is 5.37. The molecule has 0 atom stereocenters. The molecule has 4 heteroatoms. The molecular weight excluding hydrogens is 651 g/mol. The van der Waals surface area contributed by atoms with Crippen LogP contribution in [0.5, 0.6) is 0 Å². The van der Waals surface area contributed by atoms with Crippen molar-refractivity contribution < 1.29 is 0 Å². The Labute approximate surface area is 303 Å². The third-order valence-electron chi connectivity index (χ3n) is 10.4. The number of hydrogen-bond acceptors (Lipinski definition) is 3. The molecule has 3 heterocycles. The van der Waals surface area contributed by atoms with Crippen LogP contribution in [0.3, 0.4) is 0 Å². The third kappa shape index (κ3) is 4.31. The molecule has 52 heavy (non-hydrogen) atoms. The lowest BCUT2D eigenvalue weighted by atomic mass is 9.92. The van der Waals surface area contributed by atoms with Crippen LogP contribution in [0, 0.1) is 0 Å². The summed E-state index contributed by atoms with van der Waals surface area (Å²) in [5.74, 6) is 0.660. The molecule has 242 valence electrons. The number of hydrogen-bond donors (Lipinski definition) is 0. The van der Waals surface area contributed by atoms with Gasteiger partial charge in [0, 0.05) is 42.8 Å². The van der Waals surface area contributed by atoms with Crippen LogP contribution in [0.1, 0.15) is 0 Å². The fourth-order valence-electron chi connectivity index (χ4n) is 8.11. The van der Waals surface area contributed by atoms with Crippen molar-refractivity contribution in [3.05, 3.63) is 176 Å². The van der Waals surface area contributed by atoms with Crippen molar-refractivity contribution in [3.63, 3.8) is 0 Å². The second kappa shape index (κ2) is 11.5. The Hall–Kier alpha value is -6.62. The predicted molar refractivity (Wildman–Crippen MR) is 221 cm³/mol. The zero-order valence-electron chi connectivity index (χ0n) is 28.0. The Morgan fingerprint density at radius 3 is 1.52 bits per heavy atom. The lowest BCUT2D eigenvalue weighted by molar-refractivity contribution is 0.998. The van der Waals surface area contributed by atoms with Crippen LogP contribution in [0.25, 0.3) is 103 Å². The number of para-hydroxylation sites is 1. The summed E-state index contributed by atoms with van der Waals surface area (Å²) >= 11 is 1.89. The monoisotopic (exact) mass is 679 g/mol. The highest BCUT2D eigenvalue weighted by Crippen LogP contribution is 2.51. The fraction of sp³-hybridized carbons (Fsp3) is 0. The maximum absolute atomic E-state index is 5.37. The van der Waals surface area contributed by atoms with E-state index in [1.807, 2.05) is 23.5 Å². The summed E-state index contributed by atoms with van der Waals surface area (Å²) in [6.07, 6.45) is 0. The van der Waals surface area contributed by atoms with Crippen LogP contribution in [0.15, 0.2) is 176 Å². The molecule has 3 nitrogen and oxygen atoms in total. The van der Waals surface area contributed by atoms with Gasteiger partial charge in [-0.15, -0.1) is 11.3 Å². The number of fused-ring (bicyclic) bond motifs is 12. The molecule has 0 saturated carbocycles. The summed E-state index contributed by atoms with van der Waals surface area (Å²) in [7, 11) is 0. The van der Waals surface area contributed by atoms with Gasteiger partial charge < -0.3 is 0 Å². The van der Waals surface area contributed by atoms with E-state index in [0.29, 0.717) is 5.95 Å². The van der Waals surface area contributed by atoms with Crippen LogP contribution in [-0.2, 0) is 0 Å². The molecule has 11 rings (SSSR count). The molecule has 0 unspecified atom stereocenters. The van der Waals surface area contributed by atoms with Gasteiger partial charge in [-0.3, -0.25) is 4.57 Å². The van der Waals surface area contributed by atoms with Crippen LogP contribution in [0.4, 0.5) is 0 Å². The minimum Gasteiger partial charge on any atom is -0.276 e. The van der Waals surface area contributed by atoms with Gasteiger partial charge in [0.1, 0.15) is 0 Å². The SMILES string of the molecule is c1ccc(-c2cc(-c3ccccc3)nc(-n3c4ccccc4c4cc(-c5ccccc5)c5c(sc6c7ccccc7c7ccccc7c65)c43)n2)cc1. The van der Waals surface area contributed by atoms with Gasteiger partial charge in [-0.05, 0) is 45.5 Å². The molecule has 0 radical (unpaired) electrons. The first-order valence-electron chi connectivity index (χ1n) is 17.6. The molecule has 0 N–H and O–H groups in total. The normalized spacial score (nSPS) is 11.8. The summed E-state index contributed by atoms with van der Waals surface area (Å²) in [5.41, 5.74) is 8.55. The van der Waals surface area contributed by atoms with Crippen molar-refractivity contribution >= 4 is 74.9 Å². The number of rotatable bonds is 4. The molecule has 0 amide bonds. The first-order chi connectivity index (χ1) is 25.8. The highest BCUT2D eigenvalue weighted by Gasteiger charge is 2.25. The summed E-state index contributed by atoms with van der Waals surface area (Å²) in [4.78, 5) is 10.7. The van der Waals surface area contributed by atoms with Crippen LogP contribution in [0.2, 0.25) is 0 Å². The van der Waals surface area contributed by atoms with Gasteiger partial charge in [-0.2, -0.15) is 0 Å². The summed E-state index contributed by atoms with van der Waals surface area (Å²) < 4.78 is 4.86. The molecule has 0 aliphatic heterocycles. The Kier molecular flexibility index (Phi) is 6.42. The molecule has 0 aliphatic carbocycles. The zero-order valence-corrected chi connectivity index (χ0v) is 28.8. The first-order valence-corrected chi connectivity index (χ1v) is 18.4. The molecule has 0 saturated heterocycles. The van der Waals surface area contributed by atoms with E-state index in [1.165, 1.54) is 63.6 Å². The average molecular weight is 680 g/mol. The van der Waals surface area contributed by atoms with Crippen molar-refractivity contribution in [2.75, 3.05) is 0 Å². The van der Waals surface area contributed by atoms with Crippen molar-refractivity contribution in [1.29, 1.82) is 0 Å². The number of thiophene rings is 1. The lowest BCUT2D eigenvalue weighted by Gasteiger charge is -2.13. The van der Waals surface area contributed by atoms with Gasteiger partial charge in [0.25, 0.3) is 0 Å². The molecular formula is C48H29N3S. The molecule has 0 fully saturated rings. The number of aromatic nitrogens is 3. The molecule has 11 aromatic rings. The largest absolute Gasteiger partial charge is 0.276 e. The van der Waals surface area contributed by atoms with Crippen LogP contribution < -0.4 is 0 Å². The quantitative estimate of drug-likeness (QED) is 0.173. The van der Waals surface area contributed by atoms with Crippen molar-refractivity contribution in [3.8, 4) is 39.6 Å². The van der Waals surface area contributed by atoms with Gasteiger partial charge in [-0.25, -0.2) is 9.97 Å². The standard InChI is InChI=1S/C48H29N3S/c1-4-16-30(17-5-1)38-28-39-35-24-14-15-27-42(35)51(48-49-40(31-18-6-2-7-19-31)29-41(50-48)32-20-8-3-9-21-32)45(39)47-44(38)43-36-25-12-10-22-33(36)34-23-11-13-26-37(34)46(43)52-47/h1-29H. The number of benzene rings is 8. The summed E-state index contributed by atoms with van der Waals surface area (Å²) in [5, 5.41) is 10.0. The van der Waals surface area contributed by atoms with E-state index in [9.17, 15) is 0 Å². The van der Waals surface area contributed by atoms with Crippen LogP contribution >= 0.6 is 11.3 Å². The molecule has 0 aliphatic rings. The lowest BCUT2D eigenvalue weighted by Crippen LogP contribution is -2.04. The highest BCUT2D eigenvalue weighted by atomic mass is 32.1. The Balaban J connectivity index is 1.37. The second-order valence-corrected chi connectivity index (χ2v) is 14.3. The summed E-state index contributed by atoms with van der Waals surface area (Å²) in [6.45, 7) is 0.